The second-order valence-electron chi connectivity index (χ2n) is 6.07. The molecule has 2 aromatic rings. The summed E-state index contributed by atoms with van der Waals surface area (Å²) in [5.74, 6) is 0.268. The average Bonchev–Trinajstić information content (AvgIpc) is 2.91. The summed E-state index contributed by atoms with van der Waals surface area (Å²) < 4.78 is 0.735. The van der Waals surface area contributed by atoms with Crippen LogP contribution >= 0.6 is 27.3 Å². The monoisotopic (exact) mass is 406 g/mol. The summed E-state index contributed by atoms with van der Waals surface area (Å²) in [5, 5.41) is 6.29. The van der Waals surface area contributed by atoms with Crippen LogP contribution in [0.5, 0.6) is 0 Å². The third kappa shape index (κ3) is 3.26. The Labute approximate surface area is 153 Å². The van der Waals surface area contributed by atoms with Crippen molar-refractivity contribution in [2.75, 3.05) is 12.4 Å². The maximum absolute atomic E-state index is 12.6. The molecule has 2 amide bonds. The average molecular weight is 407 g/mol. The van der Waals surface area contributed by atoms with Gasteiger partial charge in [-0.1, -0.05) is 19.1 Å². The molecule has 1 aromatic carbocycles. The van der Waals surface area contributed by atoms with Gasteiger partial charge in [-0.05, 0) is 58.8 Å². The van der Waals surface area contributed by atoms with Crippen LogP contribution in [-0.2, 0) is 12.8 Å². The fraction of sp³-hybridized carbons (Fsp3) is 0.333. The predicted octanol–water partition coefficient (Wildman–Crippen LogP) is 4.25. The van der Waals surface area contributed by atoms with Crippen molar-refractivity contribution in [2.24, 2.45) is 5.92 Å². The normalized spacial score (nSPS) is 16.4. The summed E-state index contributed by atoms with van der Waals surface area (Å²) in [5.41, 5.74) is 2.28. The molecule has 1 aliphatic carbocycles. The van der Waals surface area contributed by atoms with Gasteiger partial charge in [0, 0.05) is 16.4 Å². The highest BCUT2D eigenvalue weighted by Gasteiger charge is 2.28. The zero-order chi connectivity index (χ0) is 17.3. The van der Waals surface area contributed by atoms with Gasteiger partial charge in [0.2, 0.25) is 0 Å². The molecule has 1 atom stereocenters. The fourth-order valence-electron chi connectivity index (χ4n) is 3.02. The van der Waals surface area contributed by atoms with E-state index in [1.165, 1.54) is 16.2 Å². The Morgan fingerprint density at radius 1 is 1.25 bits per heavy atom. The number of benzene rings is 1. The van der Waals surface area contributed by atoms with Crippen molar-refractivity contribution < 1.29 is 9.59 Å². The number of hydrogen-bond donors (Lipinski definition) is 2. The first-order valence-corrected chi connectivity index (χ1v) is 9.54. The molecule has 1 aliphatic rings. The van der Waals surface area contributed by atoms with Crippen LogP contribution in [0.25, 0.3) is 0 Å². The molecule has 1 aromatic heterocycles. The zero-order valence-corrected chi connectivity index (χ0v) is 16.0. The summed E-state index contributed by atoms with van der Waals surface area (Å²) in [4.78, 5) is 26.2. The number of fused-ring (bicyclic) bond motifs is 1. The second-order valence-corrected chi connectivity index (χ2v) is 8.03. The molecule has 0 fully saturated rings. The van der Waals surface area contributed by atoms with Crippen LogP contribution in [0.2, 0.25) is 0 Å². The molecule has 24 heavy (non-hydrogen) atoms. The third-order valence-electron chi connectivity index (χ3n) is 4.31. The van der Waals surface area contributed by atoms with Crippen LogP contribution < -0.4 is 10.6 Å². The number of rotatable bonds is 3. The Bertz CT molecular complexity index is 800. The first-order chi connectivity index (χ1) is 11.5. The molecule has 2 N–H and O–H groups in total. The van der Waals surface area contributed by atoms with Crippen LogP contribution in [0, 0.1) is 5.92 Å². The van der Waals surface area contributed by atoms with Gasteiger partial charge in [-0.15, -0.1) is 11.3 Å². The number of amides is 2. The lowest BCUT2D eigenvalue weighted by molar-refractivity contribution is 0.0963. The number of carbonyl (C=O) groups is 2. The molecule has 0 bridgehead atoms. The molecule has 6 heteroatoms. The van der Waals surface area contributed by atoms with Crippen molar-refractivity contribution in [3.63, 3.8) is 0 Å². The predicted molar refractivity (Wildman–Crippen MR) is 101 cm³/mol. The van der Waals surface area contributed by atoms with E-state index in [-0.39, 0.29) is 11.8 Å². The minimum atomic E-state index is -0.209. The van der Waals surface area contributed by atoms with Gasteiger partial charge in [0.25, 0.3) is 11.8 Å². The molecule has 0 saturated heterocycles. The lowest BCUT2D eigenvalue weighted by atomic mass is 9.88. The van der Waals surface area contributed by atoms with Crippen LogP contribution in [-0.4, -0.2) is 18.9 Å². The first-order valence-electron chi connectivity index (χ1n) is 7.93. The van der Waals surface area contributed by atoms with Crippen LogP contribution in [0.3, 0.4) is 0 Å². The van der Waals surface area contributed by atoms with E-state index < -0.39 is 0 Å². The van der Waals surface area contributed by atoms with E-state index in [1.807, 2.05) is 18.2 Å². The fourth-order valence-corrected chi connectivity index (χ4v) is 4.89. The minimum Gasteiger partial charge on any atom is -0.355 e. The van der Waals surface area contributed by atoms with Crippen molar-refractivity contribution >= 4 is 44.1 Å². The number of carbonyl (C=O) groups excluding carboxylic acids is 2. The van der Waals surface area contributed by atoms with E-state index in [2.05, 4.69) is 33.5 Å². The van der Waals surface area contributed by atoms with Gasteiger partial charge >= 0.3 is 0 Å². The van der Waals surface area contributed by atoms with E-state index in [0.717, 1.165) is 29.3 Å². The largest absolute Gasteiger partial charge is 0.355 e. The third-order valence-corrected chi connectivity index (χ3v) is 6.17. The summed E-state index contributed by atoms with van der Waals surface area (Å²) in [6.07, 6.45) is 2.93. The van der Waals surface area contributed by atoms with Crippen molar-refractivity contribution in [3.8, 4) is 0 Å². The molecule has 0 unspecified atom stereocenters. The lowest BCUT2D eigenvalue weighted by Crippen LogP contribution is -2.22. The molecule has 0 saturated carbocycles. The van der Waals surface area contributed by atoms with E-state index >= 15 is 0 Å². The van der Waals surface area contributed by atoms with Crippen LogP contribution in [0.4, 0.5) is 5.00 Å². The minimum absolute atomic E-state index is 0.135. The van der Waals surface area contributed by atoms with Gasteiger partial charge in [0.05, 0.1) is 11.1 Å². The number of hydrogen-bond acceptors (Lipinski definition) is 3. The lowest BCUT2D eigenvalue weighted by Gasteiger charge is -2.18. The van der Waals surface area contributed by atoms with E-state index in [1.54, 1.807) is 13.1 Å². The van der Waals surface area contributed by atoms with Crippen LogP contribution in [0.1, 0.15) is 44.5 Å². The summed E-state index contributed by atoms with van der Waals surface area (Å²) >= 11 is 4.93. The Hall–Kier alpha value is -1.66. The zero-order valence-electron chi connectivity index (χ0n) is 13.6. The molecular weight excluding hydrogens is 388 g/mol. The van der Waals surface area contributed by atoms with Crippen molar-refractivity contribution in [3.05, 3.63) is 50.3 Å². The maximum Gasteiger partial charge on any atom is 0.257 e. The number of halogens is 1. The Kier molecular flexibility index (Phi) is 5.06. The highest BCUT2D eigenvalue weighted by atomic mass is 79.9. The molecule has 0 spiro atoms. The van der Waals surface area contributed by atoms with Crippen molar-refractivity contribution in [1.82, 2.24) is 5.32 Å². The SMILES string of the molecule is CNC(=O)c1c(NC(=O)c2ccccc2Br)sc2c1CC[C@@H](C)C2. The van der Waals surface area contributed by atoms with Crippen molar-refractivity contribution in [1.29, 1.82) is 0 Å². The summed E-state index contributed by atoms with van der Waals surface area (Å²) in [6.45, 7) is 2.22. The van der Waals surface area contributed by atoms with Gasteiger partial charge in [-0.2, -0.15) is 0 Å². The topological polar surface area (TPSA) is 58.2 Å². The highest BCUT2D eigenvalue weighted by molar-refractivity contribution is 9.10. The smallest absolute Gasteiger partial charge is 0.257 e. The summed E-state index contributed by atoms with van der Waals surface area (Å²) in [6, 6.07) is 7.27. The van der Waals surface area contributed by atoms with Gasteiger partial charge in [0.1, 0.15) is 5.00 Å². The molecule has 0 aliphatic heterocycles. The number of thiophene rings is 1. The number of anilines is 1. The molecule has 1 heterocycles. The van der Waals surface area contributed by atoms with Crippen molar-refractivity contribution in [2.45, 2.75) is 26.2 Å². The van der Waals surface area contributed by atoms with Gasteiger partial charge < -0.3 is 10.6 Å². The van der Waals surface area contributed by atoms with Crippen LogP contribution in [0.15, 0.2) is 28.7 Å². The van der Waals surface area contributed by atoms with E-state index in [0.29, 0.717) is 22.0 Å². The molecular formula is C18H19BrN2O2S. The van der Waals surface area contributed by atoms with Gasteiger partial charge in [-0.25, -0.2) is 0 Å². The van der Waals surface area contributed by atoms with E-state index in [9.17, 15) is 9.59 Å². The Balaban J connectivity index is 1.97. The Morgan fingerprint density at radius 2 is 2.00 bits per heavy atom. The quantitative estimate of drug-likeness (QED) is 0.800. The standard InChI is InChI=1S/C18H19BrN2O2S/c1-10-7-8-12-14(9-10)24-18(15(12)17(23)20-2)21-16(22)11-5-3-4-6-13(11)19/h3-6,10H,7-9H2,1-2H3,(H,20,23)(H,21,22)/t10-/m1/s1. The van der Waals surface area contributed by atoms with E-state index in [4.69, 9.17) is 0 Å². The Morgan fingerprint density at radius 3 is 2.71 bits per heavy atom. The molecule has 4 nitrogen and oxygen atoms in total. The van der Waals surface area contributed by atoms with Gasteiger partial charge in [-0.3, -0.25) is 9.59 Å². The molecule has 126 valence electrons. The molecule has 0 radical (unpaired) electrons. The maximum atomic E-state index is 12.6. The second kappa shape index (κ2) is 7.07. The molecule has 3 rings (SSSR count). The van der Waals surface area contributed by atoms with Gasteiger partial charge in [0.15, 0.2) is 0 Å². The summed E-state index contributed by atoms with van der Waals surface area (Å²) in [7, 11) is 1.62. The first kappa shape index (κ1) is 17.2. The highest BCUT2D eigenvalue weighted by Crippen LogP contribution is 2.40. The number of nitrogens with one attached hydrogen (secondary N) is 2.